The second-order valence-corrected chi connectivity index (χ2v) is 4.47. The molecule has 0 bridgehead atoms. The minimum Gasteiger partial charge on any atom is -0.311 e. The SMILES string of the molecule is CCC1CN(CC(C)=CCl)C(C)CN1. The minimum atomic E-state index is 0.615. The van der Waals surface area contributed by atoms with Gasteiger partial charge in [0.1, 0.15) is 0 Å². The predicted octanol–water partition coefficient (Wildman–Crippen LogP) is 2.20. The first-order valence-corrected chi connectivity index (χ1v) is 5.84. The van der Waals surface area contributed by atoms with Gasteiger partial charge in [0.15, 0.2) is 0 Å². The van der Waals surface area contributed by atoms with Crippen molar-refractivity contribution in [1.82, 2.24) is 10.2 Å². The van der Waals surface area contributed by atoms with Gasteiger partial charge in [0.05, 0.1) is 0 Å². The maximum absolute atomic E-state index is 5.68. The molecule has 1 rings (SSSR count). The summed E-state index contributed by atoms with van der Waals surface area (Å²) in [6, 6.07) is 1.26. The third kappa shape index (κ3) is 3.26. The quantitative estimate of drug-likeness (QED) is 0.778. The average molecular weight is 217 g/mol. The van der Waals surface area contributed by atoms with Gasteiger partial charge in [0.2, 0.25) is 0 Å². The summed E-state index contributed by atoms with van der Waals surface area (Å²) < 4.78 is 0. The summed E-state index contributed by atoms with van der Waals surface area (Å²) in [4.78, 5) is 2.50. The van der Waals surface area contributed by atoms with E-state index < -0.39 is 0 Å². The van der Waals surface area contributed by atoms with E-state index in [4.69, 9.17) is 11.6 Å². The molecule has 3 heteroatoms. The van der Waals surface area contributed by atoms with E-state index in [1.165, 1.54) is 12.0 Å². The van der Waals surface area contributed by atoms with Crippen LogP contribution in [-0.4, -0.2) is 36.6 Å². The highest BCUT2D eigenvalue weighted by molar-refractivity contribution is 6.25. The molecule has 0 saturated carbocycles. The molecule has 0 aromatic rings. The van der Waals surface area contributed by atoms with Crippen LogP contribution in [0.25, 0.3) is 0 Å². The normalized spacial score (nSPS) is 30.7. The first-order chi connectivity index (χ1) is 6.67. The molecule has 82 valence electrons. The van der Waals surface area contributed by atoms with E-state index in [0.717, 1.165) is 19.6 Å². The van der Waals surface area contributed by atoms with Crippen LogP contribution in [0.4, 0.5) is 0 Å². The van der Waals surface area contributed by atoms with E-state index in [2.05, 4.69) is 31.0 Å². The van der Waals surface area contributed by atoms with Gasteiger partial charge in [-0.25, -0.2) is 0 Å². The van der Waals surface area contributed by atoms with Crippen LogP contribution in [-0.2, 0) is 0 Å². The van der Waals surface area contributed by atoms with Gasteiger partial charge in [-0.2, -0.15) is 0 Å². The van der Waals surface area contributed by atoms with Crippen molar-refractivity contribution in [3.63, 3.8) is 0 Å². The molecule has 1 fully saturated rings. The van der Waals surface area contributed by atoms with Gasteiger partial charge >= 0.3 is 0 Å². The lowest BCUT2D eigenvalue weighted by molar-refractivity contribution is 0.151. The Hall–Kier alpha value is -0.0500. The second kappa shape index (κ2) is 5.74. The summed E-state index contributed by atoms with van der Waals surface area (Å²) in [5, 5.41) is 3.55. The molecule has 2 unspecified atom stereocenters. The summed E-state index contributed by atoms with van der Waals surface area (Å²) >= 11 is 5.68. The largest absolute Gasteiger partial charge is 0.311 e. The molecule has 1 aliphatic rings. The molecule has 1 N–H and O–H groups in total. The van der Waals surface area contributed by atoms with E-state index in [-0.39, 0.29) is 0 Å². The number of hydrogen-bond donors (Lipinski definition) is 1. The van der Waals surface area contributed by atoms with Gasteiger partial charge in [-0.1, -0.05) is 18.5 Å². The average Bonchev–Trinajstić information content (AvgIpc) is 2.21. The summed E-state index contributed by atoms with van der Waals surface area (Å²) in [7, 11) is 0. The second-order valence-electron chi connectivity index (χ2n) is 4.25. The highest BCUT2D eigenvalue weighted by Gasteiger charge is 2.23. The number of piperazine rings is 1. The predicted molar refractivity (Wildman–Crippen MR) is 62.7 cm³/mol. The fraction of sp³-hybridized carbons (Fsp3) is 0.818. The van der Waals surface area contributed by atoms with Gasteiger partial charge in [0, 0.05) is 37.3 Å². The van der Waals surface area contributed by atoms with Gasteiger partial charge in [-0.15, -0.1) is 0 Å². The summed E-state index contributed by atoms with van der Waals surface area (Å²) in [5.74, 6) is 0. The molecule has 0 amide bonds. The van der Waals surface area contributed by atoms with E-state index in [9.17, 15) is 0 Å². The van der Waals surface area contributed by atoms with Crippen LogP contribution in [0.5, 0.6) is 0 Å². The highest BCUT2D eigenvalue weighted by atomic mass is 35.5. The van der Waals surface area contributed by atoms with E-state index in [1.54, 1.807) is 5.54 Å². The molecule has 14 heavy (non-hydrogen) atoms. The van der Waals surface area contributed by atoms with Crippen LogP contribution >= 0.6 is 11.6 Å². The lowest BCUT2D eigenvalue weighted by atomic mass is 10.1. The number of rotatable bonds is 3. The van der Waals surface area contributed by atoms with Crippen molar-refractivity contribution in [2.45, 2.75) is 39.3 Å². The third-order valence-corrected chi connectivity index (χ3v) is 3.28. The van der Waals surface area contributed by atoms with Crippen molar-refractivity contribution >= 4 is 11.6 Å². The van der Waals surface area contributed by atoms with E-state index >= 15 is 0 Å². The molecule has 0 aliphatic carbocycles. The van der Waals surface area contributed by atoms with E-state index in [0.29, 0.717) is 12.1 Å². The molecule has 2 nitrogen and oxygen atoms in total. The molecular weight excluding hydrogens is 196 g/mol. The Kier molecular flexibility index (Phi) is 4.93. The molecule has 0 spiro atoms. The lowest BCUT2D eigenvalue weighted by Crippen LogP contribution is -2.55. The van der Waals surface area contributed by atoms with Gasteiger partial charge in [-0.3, -0.25) is 4.90 Å². The maximum atomic E-state index is 5.68. The molecule has 0 aromatic carbocycles. The zero-order valence-corrected chi connectivity index (χ0v) is 10.1. The van der Waals surface area contributed by atoms with Crippen LogP contribution in [0, 0.1) is 0 Å². The number of nitrogens with one attached hydrogen (secondary N) is 1. The maximum Gasteiger partial charge on any atom is 0.0205 e. The monoisotopic (exact) mass is 216 g/mol. The molecule has 1 heterocycles. The lowest BCUT2D eigenvalue weighted by Gasteiger charge is -2.38. The molecule has 0 radical (unpaired) electrons. The number of halogens is 1. The van der Waals surface area contributed by atoms with Crippen LogP contribution in [0.15, 0.2) is 11.1 Å². The highest BCUT2D eigenvalue weighted by Crippen LogP contribution is 2.11. The summed E-state index contributed by atoms with van der Waals surface area (Å²) in [6.07, 6.45) is 1.20. The Morgan fingerprint density at radius 2 is 2.36 bits per heavy atom. The van der Waals surface area contributed by atoms with Crippen LogP contribution < -0.4 is 5.32 Å². The fourth-order valence-corrected chi connectivity index (χ4v) is 1.91. The number of hydrogen-bond acceptors (Lipinski definition) is 2. The molecular formula is C11H21ClN2. The van der Waals surface area contributed by atoms with Crippen molar-refractivity contribution in [2.75, 3.05) is 19.6 Å². The van der Waals surface area contributed by atoms with Crippen molar-refractivity contribution in [3.8, 4) is 0 Å². The Morgan fingerprint density at radius 1 is 1.64 bits per heavy atom. The Morgan fingerprint density at radius 3 is 2.93 bits per heavy atom. The van der Waals surface area contributed by atoms with Crippen molar-refractivity contribution < 1.29 is 0 Å². The van der Waals surface area contributed by atoms with E-state index in [1.807, 2.05) is 0 Å². The zero-order chi connectivity index (χ0) is 10.6. The van der Waals surface area contributed by atoms with Gasteiger partial charge < -0.3 is 5.32 Å². The standard InChI is InChI=1S/C11H21ClN2/c1-4-11-8-14(7-9(2)5-12)10(3)6-13-11/h5,10-11,13H,4,6-8H2,1-3H3. The Labute approximate surface area is 92.3 Å². The third-order valence-electron chi connectivity index (χ3n) is 2.91. The van der Waals surface area contributed by atoms with Crippen molar-refractivity contribution in [2.24, 2.45) is 0 Å². The van der Waals surface area contributed by atoms with Crippen molar-refractivity contribution in [3.05, 3.63) is 11.1 Å². The molecule has 1 aliphatic heterocycles. The number of nitrogens with zero attached hydrogens (tertiary/aromatic N) is 1. The van der Waals surface area contributed by atoms with Crippen LogP contribution in [0.2, 0.25) is 0 Å². The smallest absolute Gasteiger partial charge is 0.0205 e. The Bertz CT molecular complexity index is 203. The van der Waals surface area contributed by atoms with Gasteiger partial charge in [0.25, 0.3) is 0 Å². The summed E-state index contributed by atoms with van der Waals surface area (Å²) in [5.41, 5.74) is 2.94. The molecule has 0 aromatic heterocycles. The van der Waals surface area contributed by atoms with Crippen molar-refractivity contribution in [1.29, 1.82) is 0 Å². The Balaban J connectivity index is 2.48. The van der Waals surface area contributed by atoms with Crippen LogP contribution in [0.1, 0.15) is 27.2 Å². The first kappa shape index (κ1) is 12.0. The van der Waals surface area contributed by atoms with Gasteiger partial charge in [-0.05, 0) is 25.8 Å². The molecule has 1 saturated heterocycles. The molecule has 2 atom stereocenters. The zero-order valence-electron chi connectivity index (χ0n) is 9.39. The fourth-order valence-electron chi connectivity index (χ4n) is 1.84. The summed E-state index contributed by atoms with van der Waals surface area (Å²) in [6.45, 7) is 9.82. The van der Waals surface area contributed by atoms with Crippen LogP contribution in [0.3, 0.4) is 0 Å². The topological polar surface area (TPSA) is 15.3 Å². The minimum absolute atomic E-state index is 0.615. The first-order valence-electron chi connectivity index (χ1n) is 5.40.